The summed E-state index contributed by atoms with van der Waals surface area (Å²) in [7, 11) is 2.63. The van der Waals surface area contributed by atoms with Crippen LogP contribution in [0.3, 0.4) is 0 Å². The van der Waals surface area contributed by atoms with E-state index < -0.39 is 17.4 Å². The van der Waals surface area contributed by atoms with Gasteiger partial charge < -0.3 is 19.7 Å². The molecule has 0 heterocycles. The first-order valence-corrected chi connectivity index (χ1v) is 6.15. The van der Waals surface area contributed by atoms with Crippen molar-refractivity contribution < 1.29 is 29.3 Å². The Labute approximate surface area is 115 Å². The summed E-state index contributed by atoms with van der Waals surface area (Å²) in [6, 6.07) is 2.79. The van der Waals surface area contributed by atoms with E-state index in [1.165, 1.54) is 26.4 Å². The maximum atomic E-state index is 11.7. The number of hydrogen-bond donors (Lipinski definition) is 2. The summed E-state index contributed by atoms with van der Waals surface area (Å²) in [5.74, 6) is -1.39. The molecule has 0 saturated heterocycles. The van der Waals surface area contributed by atoms with E-state index in [0.29, 0.717) is 18.4 Å². The first-order chi connectivity index (χ1) is 9.43. The number of esters is 1. The minimum Gasteiger partial charge on any atom is -0.508 e. The Morgan fingerprint density at radius 1 is 1.30 bits per heavy atom. The smallest absolute Gasteiger partial charge is 0.341 e. The maximum Gasteiger partial charge on any atom is 0.341 e. The zero-order valence-corrected chi connectivity index (χ0v) is 11.3. The number of hydrogen-bond acceptors (Lipinski definition) is 5. The van der Waals surface area contributed by atoms with Crippen molar-refractivity contribution >= 4 is 11.9 Å². The summed E-state index contributed by atoms with van der Waals surface area (Å²) in [6.07, 6.45) is 1.26. The number of aromatic hydroxyl groups is 1. The van der Waals surface area contributed by atoms with Crippen LogP contribution < -0.4 is 4.74 Å². The van der Waals surface area contributed by atoms with Gasteiger partial charge in [0.05, 0.1) is 20.6 Å². The Morgan fingerprint density at radius 2 is 1.95 bits per heavy atom. The predicted molar refractivity (Wildman–Crippen MR) is 69.2 cm³/mol. The molecule has 1 fully saturated rings. The molecule has 20 heavy (non-hydrogen) atoms. The van der Waals surface area contributed by atoms with Crippen molar-refractivity contribution in [2.45, 2.75) is 24.7 Å². The molecule has 6 heteroatoms. The second kappa shape index (κ2) is 5.03. The van der Waals surface area contributed by atoms with Crippen molar-refractivity contribution in [2.24, 2.45) is 0 Å². The zero-order chi connectivity index (χ0) is 14.9. The Hall–Kier alpha value is -2.24. The molecule has 0 atom stereocenters. The van der Waals surface area contributed by atoms with Crippen molar-refractivity contribution in [3.8, 4) is 11.5 Å². The third kappa shape index (κ3) is 2.41. The summed E-state index contributed by atoms with van der Waals surface area (Å²) in [4.78, 5) is 22.7. The van der Waals surface area contributed by atoms with Crippen LogP contribution in [0.15, 0.2) is 12.1 Å². The van der Waals surface area contributed by atoms with E-state index in [9.17, 15) is 14.7 Å². The van der Waals surface area contributed by atoms with Crippen LogP contribution in [0.4, 0.5) is 0 Å². The molecule has 1 saturated carbocycles. The van der Waals surface area contributed by atoms with Gasteiger partial charge in [-0.2, -0.15) is 0 Å². The van der Waals surface area contributed by atoms with Gasteiger partial charge in [0.1, 0.15) is 17.1 Å². The molecule has 0 bridgehead atoms. The molecule has 0 unspecified atom stereocenters. The molecule has 0 amide bonds. The Balaban J connectivity index is 2.49. The number of ether oxygens (including phenoxy) is 2. The lowest BCUT2D eigenvalue weighted by Gasteiger charge is -2.17. The van der Waals surface area contributed by atoms with Crippen molar-refractivity contribution in [3.05, 3.63) is 23.3 Å². The fourth-order valence-corrected chi connectivity index (χ4v) is 2.41. The quantitative estimate of drug-likeness (QED) is 0.797. The van der Waals surface area contributed by atoms with Gasteiger partial charge in [-0.15, -0.1) is 0 Å². The number of carboxylic acid groups (broad SMARTS) is 1. The fourth-order valence-electron chi connectivity index (χ4n) is 2.41. The number of phenols is 1. The molecule has 0 radical (unpaired) electrons. The Kier molecular flexibility index (Phi) is 3.57. The third-order valence-electron chi connectivity index (χ3n) is 3.64. The van der Waals surface area contributed by atoms with Crippen LogP contribution in [0.2, 0.25) is 0 Å². The van der Waals surface area contributed by atoms with E-state index in [1.807, 2.05) is 0 Å². The van der Waals surface area contributed by atoms with Gasteiger partial charge in [-0.05, 0) is 18.9 Å². The summed E-state index contributed by atoms with van der Waals surface area (Å²) in [6.45, 7) is 0. The minimum absolute atomic E-state index is 0.0618. The SMILES string of the molecule is COC(=O)c1cc(C2(CC(=O)O)CC2)c(O)cc1OC. The van der Waals surface area contributed by atoms with Gasteiger partial charge in [0.25, 0.3) is 0 Å². The normalized spacial score (nSPS) is 15.5. The zero-order valence-electron chi connectivity index (χ0n) is 11.3. The molecule has 108 valence electrons. The van der Waals surface area contributed by atoms with Gasteiger partial charge in [0, 0.05) is 17.0 Å². The van der Waals surface area contributed by atoms with E-state index in [-0.39, 0.29) is 23.5 Å². The van der Waals surface area contributed by atoms with Crippen molar-refractivity contribution in [1.82, 2.24) is 0 Å². The van der Waals surface area contributed by atoms with E-state index in [4.69, 9.17) is 9.84 Å². The number of carbonyl (C=O) groups is 2. The number of benzene rings is 1. The van der Waals surface area contributed by atoms with Crippen LogP contribution in [0.1, 0.15) is 35.2 Å². The van der Waals surface area contributed by atoms with E-state index in [0.717, 1.165) is 0 Å². The highest BCUT2D eigenvalue weighted by Gasteiger charge is 2.48. The monoisotopic (exact) mass is 280 g/mol. The second-order valence-electron chi connectivity index (χ2n) is 4.91. The van der Waals surface area contributed by atoms with Crippen molar-refractivity contribution in [2.75, 3.05) is 14.2 Å². The first kappa shape index (κ1) is 14.2. The molecule has 6 nitrogen and oxygen atoms in total. The van der Waals surface area contributed by atoms with Crippen LogP contribution in [-0.2, 0) is 14.9 Å². The number of carboxylic acids is 1. The largest absolute Gasteiger partial charge is 0.508 e. The highest BCUT2D eigenvalue weighted by atomic mass is 16.5. The lowest BCUT2D eigenvalue weighted by molar-refractivity contribution is -0.137. The Morgan fingerprint density at radius 3 is 2.40 bits per heavy atom. The number of carbonyl (C=O) groups excluding carboxylic acids is 1. The Bertz CT molecular complexity index is 559. The van der Waals surface area contributed by atoms with Gasteiger partial charge in [-0.1, -0.05) is 0 Å². The maximum absolute atomic E-state index is 11.7. The van der Waals surface area contributed by atoms with Gasteiger partial charge in [-0.3, -0.25) is 4.79 Å². The van der Waals surface area contributed by atoms with Crippen LogP contribution in [0.5, 0.6) is 11.5 Å². The molecular weight excluding hydrogens is 264 g/mol. The highest BCUT2D eigenvalue weighted by molar-refractivity contribution is 5.93. The van der Waals surface area contributed by atoms with Crippen LogP contribution in [-0.4, -0.2) is 36.4 Å². The molecule has 2 rings (SSSR count). The molecule has 0 spiro atoms. The number of aliphatic carboxylic acids is 1. The van der Waals surface area contributed by atoms with Gasteiger partial charge in [-0.25, -0.2) is 4.79 Å². The molecule has 1 aromatic carbocycles. The summed E-state index contributed by atoms with van der Waals surface area (Å²) in [5.41, 5.74) is 0.0471. The number of methoxy groups -OCH3 is 2. The van der Waals surface area contributed by atoms with Crippen LogP contribution >= 0.6 is 0 Å². The standard InChI is InChI=1S/C14H16O6/c1-19-11-6-10(15)9(5-8(11)13(18)20-2)14(3-4-14)7-12(16)17/h5-6,15H,3-4,7H2,1-2H3,(H,16,17). The highest BCUT2D eigenvalue weighted by Crippen LogP contribution is 2.54. The molecule has 1 aliphatic carbocycles. The van der Waals surface area contributed by atoms with Gasteiger partial charge in [0.2, 0.25) is 0 Å². The van der Waals surface area contributed by atoms with Crippen LogP contribution in [0.25, 0.3) is 0 Å². The number of phenolic OH excluding ortho intramolecular Hbond substituents is 1. The molecule has 0 aromatic heterocycles. The fraction of sp³-hybridized carbons (Fsp3) is 0.429. The number of rotatable bonds is 5. The molecule has 1 aromatic rings. The minimum atomic E-state index is -0.933. The second-order valence-corrected chi connectivity index (χ2v) is 4.91. The van der Waals surface area contributed by atoms with Crippen molar-refractivity contribution in [3.63, 3.8) is 0 Å². The summed E-state index contributed by atoms with van der Waals surface area (Å²) in [5, 5.41) is 19.0. The van der Waals surface area contributed by atoms with Crippen LogP contribution in [0, 0.1) is 0 Å². The lowest BCUT2D eigenvalue weighted by Crippen LogP contribution is -2.15. The summed E-state index contributed by atoms with van der Waals surface area (Å²) < 4.78 is 9.71. The predicted octanol–water partition coefficient (Wildman–Crippen LogP) is 1.69. The molecular formula is C14H16O6. The van der Waals surface area contributed by atoms with E-state index in [1.54, 1.807) is 0 Å². The van der Waals surface area contributed by atoms with Gasteiger partial charge >= 0.3 is 11.9 Å². The molecule has 2 N–H and O–H groups in total. The lowest BCUT2D eigenvalue weighted by atomic mass is 9.90. The van der Waals surface area contributed by atoms with Crippen molar-refractivity contribution in [1.29, 1.82) is 0 Å². The van der Waals surface area contributed by atoms with Gasteiger partial charge in [0.15, 0.2) is 0 Å². The van der Waals surface area contributed by atoms with E-state index in [2.05, 4.69) is 4.74 Å². The first-order valence-electron chi connectivity index (χ1n) is 6.15. The molecule has 0 aliphatic heterocycles. The molecule has 1 aliphatic rings. The topological polar surface area (TPSA) is 93.1 Å². The summed E-state index contributed by atoms with van der Waals surface area (Å²) >= 11 is 0. The van der Waals surface area contributed by atoms with E-state index >= 15 is 0 Å². The average molecular weight is 280 g/mol. The third-order valence-corrected chi connectivity index (χ3v) is 3.64. The average Bonchev–Trinajstić information content (AvgIpc) is 3.16.